The molecule has 0 unspecified atom stereocenters. The van der Waals surface area contributed by atoms with Crippen molar-refractivity contribution < 1.29 is 18.0 Å². The topological polar surface area (TPSA) is 124 Å². The number of carbonyl (C=O) groups is 2. The maximum absolute atomic E-state index is 12.1. The van der Waals surface area contributed by atoms with Crippen molar-refractivity contribution in [2.45, 2.75) is 25.8 Å². The highest BCUT2D eigenvalue weighted by molar-refractivity contribution is 7.90. The monoisotopic (exact) mass is 509 g/mol. The summed E-state index contributed by atoms with van der Waals surface area (Å²) in [4.78, 5) is 22.6. The molecule has 2 aromatic rings. The number of aromatic amines is 1. The van der Waals surface area contributed by atoms with E-state index >= 15 is 0 Å². The highest BCUT2D eigenvalue weighted by Crippen LogP contribution is 2.22. The number of halogens is 3. The highest BCUT2D eigenvalue weighted by atomic mass is 35.5. The Kier molecular flexibility index (Phi) is 9.57. The van der Waals surface area contributed by atoms with Gasteiger partial charge < -0.3 is 10.6 Å². The molecule has 1 fully saturated rings. The van der Waals surface area contributed by atoms with E-state index in [0.717, 1.165) is 15.6 Å². The zero-order valence-electron chi connectivity index (χ0n) is 16.6. The molecule has 0 bridgehead atoms. The van der Waals surface area contributed by atoms with E-state index in [1.54, 1.807) is 0 Å². The molecule has 1 saturated heterocycles. The number of benzene rings is 1. The number of nitrogens with one attached hydrogen (secondary N) is 3. The van der Waals surface area contributed by atoms with Crippen LogP contribution in [0, 0.1) is 6.92 Å². The van der Waals surface area contributed by atoms with Crippen molar-refractivity contribution in [2.75, 3.05) is 23.6 Å². The Morgan fingerprint density at radius 3 is 2.42 bits per heavy atom. The first kappa shape index (κ1) is 25.4. The molecule has 0 atom stereocenters. The van der Waals surface area contributed by atoms with Crippen molar-refractivity contribution in [3.63, 3.8) is 0 Å². The molecule has 31 heavy (non-hydrogen) atoms. The Morgan fingerprint density at radius 2 is 1.90 bits per heavy atom. The first-order valence-electron chi connectivity index (χ1n) is 9.18. The molecule has 1 aromatic heterocycles. The zero-order chi connectivity index (χ0) is 23.0. The fourth-order valence-corrected chi connectivity index (χ4v) is 4.53. The second-order valence-electron chi connectivity index (χ2n) is 6.64. The summed E-state index contributed by atoms with van der Waals surface area (Å²) >= 11 is 16.9. The summed E-state index contributed by atoms with van der Waals surface area (Å²) in [6.07, 6.45) is 2.77. The van der Waals surface area contributed by atoms with E-state index in [1.807, 2.05) is 25.1 Å². The van der Waals surface area contributed by atoms with Crippen molar-refractivity contribution in [3.05, 3.63) is 45.7 Å². The van der Waals surface area contributed by atoms with Crippen molar-refractivity contribution in [1.82, 2.24) is 19.8 Å². The lowest BCUT2D eigenvalue weighted by molar-refractivity contribution is -0.105. The molecular formula is C18H22Cl3N5O4S. The predicted molar refractivity (Wildman–Crippen MR) is 121 cm³/mol. The second-order valence-corrected chi connectivity index (χ2v) is 10.0. The van der Waals surface area contributed by atoms with Gasteiger partial charge in [0.2, 0.25) is 16.4 Å². The largest absolute Gasteiger partial charge is 0.348 e. The third-order valence-electron chi connectivity index (χ3n) is 4.60. The molecular weight excluding hydrogens is 489 g/mol. The molecule has 2 amide bonds. The molecule has 9 nitrogen and oxygen atoms in total. The van der Waals surface area contributed by atoms with Gasteiger partial charge >= 0.3 is 0 Å². The van der Waals surface area contributed by atoms with E-state index in [2.05, 4.69) is 20.8 Å². The smallest absolute Gasteiger partial charge is 0.271 e. The molecule has 170 valence electrons. The summed E-state index contributed by atoms with van der Waals surface area (Å²) in [5.41, 5.74) is 1.39. The lowest BCUT2D eigenvalue weighted by atomic mass is 10.1. The van der Waals surface area contributed by atoms with Crippen molar-refractivity contribution in [2.24, 2.45) is 0 Å². The van der Waals surface area contributed by atoms with Crippen LogP contribution < -0.4 is 10.6 Å². The van der Waals surface area contributed by atoms with Gasteiger partial charge in [-0.3, -0.25) is 14.7 Å². The normalized spacial score (nSPS) is 15.0. The number of aromatic nitrogens is 2. The van der Waals surface area contributed by atoms with Crippen LogP contribution >= 0.6 is 34.8 Å². The quantitative estimate of drug-likeness (QED) is 0.407. The van der Waals surface area contributed by atoms with E-state index in [4.69, 9.17) is 34.8 Å². The standard InChI is InChI=1S/C11H16ClN5O4S.C7H6Cl2/c12-6-22(20,21)17-3-1-8(2-4-17)15-11(19)10-9(13-7-18)5-14-16-10;1-5-6(8)3-2-4-7(5)9/h5,7-8H,1-4,6H2,(H,13,18)(H,14,16)(H,15,19);2-4H,1H3. The molecule has 1 aromatic carbocycles. The van der Waals surface area contributed by atoms with E-state index in [0.29, 0.717) is 32.3 Å². The number of hydrogen-bond donors (Lipinski definition) is 3. The molecule has 1 aliphatic heterocycles. The summed E-state index contributed by atoms with van der Waals surface area (Å²) in [6, 6.07) is 5.32. The number of H-pyrrole nitrogens is 1. The van der Waals surface area contributed by atoms with Gasteiger partial charge in [-0.15, -0.1) is 11.6 Å². The third kappa shape index (κ3) is 7.08. The van der Waals surface area contributed by atoms with Crippen molar-refractivity contribution in [1.29, 1.82) is 0 Å². The fraction of sp³-hybridized carbons (Fsp3) is 0.389. The Labute approximate surface area is 195 Å². The van der Waals surface area contributed by atoms with Crippen LogP contribution in [0.15, 0.2) is 24.4 Å². The minimum Gasteiger partial charge on any atom is -0.348 e. The van der Waals surface area contributed by atoms with E-state index in [9.17, 15) is 18.0 Å². The van der Waals surface area contributed by atoms with Gasteiger partial charge in [0, 0.05) is 29.2 Å². The molecule has 13 heteroatoms. The summed E-state index contributed by atoms with van der Waals surface area (Å²) in [6.45, 7) is 2.51. The number of anilines is 1. The maximum atomic E-state index is 12.1. The zero-order valence-corrected chi connectivity index (χ0v) is 19.7. The number of rotatable bonds is 6. The van der Waals surface area contributed by atoms with Crippen LogP contribution in [0.3, 0.4) is 0 Å². The average Bonchev–Trinajstić information content (AvgIpc) is 3.21. The average molecular weight is 511 g/mol. The molecule has 0 aliphatic carbocycles. The number of hydrogen-bond acceptors (Lipinski definition) is 5. The molecule has 2 heterocycles. The Bertz CT molecular complexity index is 987. The number of amides is 2. The Hall–Kier alpha value is -1.85. The van der Waals surface area contributed by atoms with Gasteiger partial charge in [-0.1, -0.05) is 29.3 Å². The molecule has 3 N–H and O–H groups in total. The van der Waals surface area contributed by atoms with Gasteiger partial charge in [0.15, 0.2) is 0 Å². The van der Waals surface area contributed by atoms with Gasteiger partial charge in [0.25, 0.3) is 5.91 Å². The summed E-state index contributed by atoms with van der Waals surface area (Å²) in [7, 11) is -3.41. The van der Waals surface area contributed by atoms with E-state index in [-0.39, 0.29) is 17.4 Å². The van der Waals surface area contributed by atoms with Gasteiger partial charge in [0.1, 0.15) is 10.9 Å². The predicted octanol–water partition coefficient (Wildman–Crippen LogP) is 3.00. The second kappa shape index (κ2) is 11.7. The SMILES string of the molecule is Cc1c(Cl)cccc1Cl.O=CNc1cn[nH]c1C(=O)NC1CCN(S(=O)(=O)CCl)CC1. The third-order valence-corrected chi connectivity index (χ3v) is 7.68. The molecule has 0 radical (unpaired) electrons. The van der Waals surface area contributed by atoms with Gasteiger partial charge in [-0.25, -0.2) is 12.7 Å². The van der Waals surface area contributed by atoms with Gasteiger partial charge in [-0.05, 0) is 37.5 Å². The first-order chi connectivity index (χ1) is 14.7. The molecule has 0 spiro atoms. The van der Waals surface area contributed by atoms with Crippen LogP contribution in [0.5, 0.6) is 0 Å². The number of sulfonamides is 1. The van der Waals surface area contributed by atoms with Crippen molar-refractivity contribution >= 4 is 62.8 Å². The Balaban J connectivity index is 0.000000316. The first-order valence-corrected chi connectivity index (χ1v) is 12.1. The van der Waals surface area contributed by atoms with Crippen LogP contribution in [-0.2, 0) is 14.8 Å². The molecule has 3 rings (SSSR count). The summed E-state index contributed by atoms with van der Waals surface area (Å²) in [5, 5.41) is 12.4. The number of alkyl halides is 1. The van der Waals surface area contributed by atoms with Gasteiger partial charge in [-0.2, -0.15) is 5.10 Å². The number of carbonyl (C=O) groups excluding carboxylic acids is 2. The lowest BCUT2D eigenvalue weighted by Gasteiger charge is -2.31. The number of nitrogens with zero attached hydrogens (tertiary/aromatic N) is 2. The van der Waals surface area contributed by atoms with E-state index < -0.39 is 21.1 Å². The van der Waals surface area contributed by atoms with Crippen LogP contribution in [0.4, 0.5) is 5.69 Å². The van der Waals surface area contributed by atoms with Crippen LogP contribution in [-0.4, -0.2) is 59.6 Å². The van der Waals surface area contributed by atoms with Crippen LogP contribution in [0.1, 0.15) is 28.9 Å². The van der Waals surface area contributed by atoms with Gasteiger partial charge in [0.05, 0.1) is 11.9 Å². The highest BCUT2D eigenvalue weighted by Gasteiger charge is 2.28. The lowest BCUT2D eigenvalue weighted by Crippen LogP contribution is -2.46. The van der Waals surface area contributed by atoms with Crippen LogP contribution in [0.25, 0.3) is 0 Å². The Morgan fingerprint density at radius 1 is 1.29 bits per heavy atom. The number of piperidine rings is 1. The summed E-state index contributed by atoms with van der Waals surface area (Å²) < 4.78 is 24.6. The summed E-state index contributed by atoms with van der Waals surface area (Å²) in [5.74, 6) is -0.402. The molecule has 0 saturated carbocycles. The fourth-order valence-electron chi connectivity index (χ4n) is 2.82. The van der Waals surface area contributed by atoms with Crippen molar-refractivity contribution in [3.8, 4) is 0 Å². The molecule has 1 aliphatic rings. The van der Waals surface area contributed by atoms with Crippen LogP contribution in [0.2, 0.25) is 10.0 Å². The minimum absolute atomic E-state index is 0.151. The maximum Gasteiger partial charge on any atom is 0.271 e. The minimum atomic E-state index is -3.41. The van der Waals surface area contributed by atoms with E-state index in [1.165, 1.54) is 10.5 Å².